The van der Waals surface area contributed by atoms with Gasteiger partial charge >= 0.3 is 0 Å². The number of halogens is 2. The Bertz CT molecular complexity index is 781. The molecule has 7 heteroatoms. The van der Waals surface area contributed by atoms with Gasteiger partial charge in [-0.05, 0) is 48.9 Å². The van der Waals surface area contributed by atoms with Crippen LogP contribution in [0.1, 0.15) is 31.0 Å². The van der Waals surface area contributed by atoms with Gasteiger partial charge in [-0.25, -0.2) is 4.39 Å². The van der Waals surface area contributed by atoms with Crippen LogP contribution in [0.3, 0.4) is 0 Å². The molecule has 0 aliphatic carbocycles. The van der Waals surface area contributed by atoms with Gasteiger partial charge in [-0.15, -0.1) is 0 Å². The fourth-order valence-electron chi connectivity index (χ4n) is 2.67. The van der Waals surface area contributed by atoms with Crippen molar-refractivity contribution in [3.05, 3.63) is 70.5 Å². The predicted molar refractivity (Wildman–Crippen MR) is 108 cm³/mol. The predicted octanol–water partition coefficient (Wildman–Crippen LogP) is 3.29. The quantitative estimate of drug-likeness (QED) is 0.673. The molecule has 0 saturated carbocycles. The average Bonchev–Trinajstić information content (AvgIpc) is 2.67. The number of nitrogens with zero attached hydrogens (tertiary/aromatic N) is 1. The maximum Gasteiger partial charge on any atom is 0.234 e. The molecule has 28 heavy (non-hydrogen) atoms. The van der Waals surface area contributed by atoms with Gasteiger partial charge in [-0.2, -0.15) is 0 Å². The highest BCUT2D eigenvalue weighted by Crippen LogP contribution is 2.15. The van der Waals surface area contributed by atoms with Gasteiger partial charge in [-0.3, -0.25) is 14.5 Å². The number of likely N-dealkylation sites (N-methyl/N-ethyl adjacent to an activating group) is 1. The topological polar surface area (TPSA) is 61.4 Å². The molecule has 2 rings (SSSR count). The summed E-state index contributed by atoms with van der Waals surface area (Å²) in [5.74, 6) is -0.661. The van der Waals surface area contributed by atoms with E-state index in [1.54, 1.807) is 29.2 Å². The van der Waals surface area contributed by atoms with Gasteiger partial charge in [0, 0.05) is 11.6 Å². The number of rotatable bonds is 9. The molecule has 0 spiro atoms. The molecule has 5 nitrogen and oxygen atoms in total. The zero-order valence-corrected chi connectivity index (χ0v) is 16.8. The number of nitrogens with one attached hydrogen (secondary N) is 2. The van der Waals surface area contributed by atoms with Crippen molar-refractivity contribution >= 4 is 23.4 Å². The fourth-order valence-corrected chi connectivity index (χ4v) is 2.79. The van der Waals surface area contributed by atoms with Crippen LogP contribution in [0.5, 0.6) is 0 Å². The zero-order chi connectivity index (χ0) is 20.5. The van der Waals surface area contributed by atoms with Crippen LogP contribution >= 0.6 is 11.6 Å². The Morgan fingerprint density at radius 3 is 2.25 bits per heavy atom. The third-order valence-electron chi connectivity index (χ3n) is 4.33. The van der Waals surface area contributed by atoms with Crippen LogP contribution in [0, 0.1) is 5.82 Å². The summed E-state index contributed by atoms with van der Waals surface area (Å²) >= 11 is 5.88. The first kappa shape index (κ1) is 21.9. The lowest BCUT2D eigenvalue weighted by Gasteiger charge is -2.21. The van der Waals surface area contributed by atoms with E-state index in [2.05, 4.69) is 10.6 Å². The van der Waals surface area contributed by atoms with Crippen molar-refractivity contribution in [3.8, 4) is 0 Å². The third-order valence-corrected chi connectivity index (χ3v) is 4.58. The molecule has 0 heterocycles. The van der Waals surface area contributed by atoms with E-state index in [1.807, 2.05) is 26.0 Å². The lowest BCUT2D eigenvalue weighted by Crippen LogP contribution is -2.43. The molecule has 0 fully saturated rings. The number of hydrogen-bond donors (Lipinski definition) is 2. The summed E-state index contributed by atoms with van der Waals surface area (Å²) in [7, 11) is 0. The minimum absolute atomic E-state index is 0.112. The second kappa shape index (κ2) is 10.8. The first-order valence-electron chi connectivity index (χ1n) is 9.15. The first-order valence-corrected chi connectivity index (χ1v) is 9.53. The summed E-state index contributed by atoms with van der Waals surface area (Å²) in [6.07, 6.45) is 0. The van der Waals surface area contributed by atoms with E-state index in [0.29, 0.717) is 18.1 Å². The summed E-state index contributed by atoms with van der Waals surface area (Å²) in [5, 5.41) is 6.35. The molecule has 1 atom stereocenters. The van der Waals surface area contributed by atoms with Crippen molar-refractivity contribution in [2.75, 3.05) is 19.6 Å². The van der Waals surface area contributed by atoms with E-state index < -0.39 is 0 Å². The van der Waals surface area contributed by atoms with Gasteiger partial charge in [-0.1, -0.05) is 42.8 Å². The standard InChI is InChI=1S/C21H25ClFN3O2/c1-3-26(13-20(27)24-12-16-4-10-19(23)11-5-16)14-21(28)25-15(2)17-6-8-18(22)9-7-17/h4-11,15H,3,12-14H2,1-2H3,(H,24,27)(H,25,28). The SMILES string of the molecule is CCN(CC(=O)NCc1ccc(F)cc1)CC(=O)NC(C)c1ccc(Cl)cc1. The van der Waals surface area contributed by atoms with Gasteiger partial charge in [0.05, 0.1) is 19.1 Å². The molecule has 0 aliphatic heterocycles. The van der Waals surface area contributed by atoms with Crippen molar-refractivity contribution < 1.29 is 14.0 Å². The van der Waals surface area contributed by atoms with E-state index >= 15 is 0 Å². The van der Waals surface area contributed by atoms with E-state index in [9.17, 15) is 14.0 Å². The molecule has 0 saturated heterocycles. The van der Waals surface area contributed by atoms with E-state index in [-0.39, 0.29) is 36.8 Å². The summed E-state index contributed by atoms with van der Waals surface area (Å²) < 4.78 is 12.9. The van der Waals surface area contributed by atoms with Crippen molar-refractivity contribution in [2.45, 2.75) is 26.4 Å². The van der Waals surface area contributed by atoms with E-state index in [4.69, 9.17) is 11.6 Å². The fraction of sp³-hybridized carbons (Fsp3) is 0.333. The maximum atomic E-state index is 12.9. The van der Waals surface area contributed by atoms with Gasteiger partial charge in [0.2, 0.25) is 11.8 Å². The van der Waals surface area contributed by atoms with Crippen LogP contribution in [-0.2, 0) is 16.1 Å². The van der Waals surface area contributed by atoms with Crippen LogP contribution < -0.4 is 10.6 Å². The molecule has 2 aromatic carbocycles. The van der Waals surface area contributed by atoms with Crippen LogP contribution in [0.4, 0.5) is 4.39 Å². The van der Waals surface area contributed by atoms with Crippen LogP contribution in [0.15, 0.2) is 48.5 Å². The van der Waals surface area contributed by atoms with Crippen molar-refractivity contribution in [1.29, 1.82) is 0 Å². The monoisotopic (exact) mass is 405 g/mol. The maximum absolute atomic E-state index is 12.9. The second-order valence-corrected chi connectivity index (χ2v) is 6.98. The largest absolute Gasteiger partial charge is 0.351 e. The Morgan fingerprint density at radius 1 is 1.04 bits per heavy atom. The first-order chi connectivity index (χ1) is 13.4. The van der Waals surface area contributed by atoms with E-state index in [1.165, 1.54) is 12.1 Å². The molecule has 0 aliphatic rings. The van der Waals surface area contributed by atoms with Crippen LogP contribution in [0.2, 0.25) is 5.02 Å². The Kier molecular flexibility index (Phi) is 8.42. The summed E-state index contributed by atoms with van der Waals surface area (Å²) in [6, 6.07) is 13.1. The van der Waals surface area contributed by atoms with Gasteiger partial charge in [0.1, 0.15) is 5.82 Å². The molecule has 2 aromatic rings. The van der Waals surface area contributed by atoms with E-state index in [0.717, 1.165) is 11.1 Å². The van der Waals surface area contributed by atoms with Gasteiger partial charge in [0.25, 0.3) is 0 Å². The third kappa shape index (κ3) is 7.29. The number of carbonyl (C=O) groups excluding carboxylic acids is 2. The van der Waals surface area contributed by atoms with Gasteiger partial charge in [0.15, 0.2) is 0 Å². The number of hydrogen-bond acceptors (Lipinski definition) is 3. The molecule has 0 radical (unpaired) electrons. The summed E-state index contributed by atoms with van der Waals surface area (Å²) in [5.41, 5.74) is 1.77. The minimum Gasteiger partial charge on any atom is -0.351 e. The second-order valence-electron chi connectivity index (χ2n) is 6.55. The van der Waals surface area contributed by atoms with Crippen molar-refractivity contribution in [3.63, 3.8) is 0 Å². The Labute approximate surface area is 169 Å². The van der Waals surface area contributed by atoms with Crippen molar-refractivity contribution in [1.82, 2.24) is 15.5 Å². The lowest BCUT2D eigenvalue weighted by atomic mass is 10.1. The molecule has 0 aromatic heterocycles. The number of benzene rings is 2. The average molecular weight is 406 g/mol. The summed E-state index contributed by atoms with van der Waals surface area (Å²) in [6.45, 7) is 4.90. The highest BCUT2D eigenvalue weighted by atomic mass is 35.5. The molecule has 2 N–H and O–H groups in total. The number of amides is 2. The molecule has 1 unspecified atom stereocenters. The number of carbonyl (C=O) groups is 2. The molecular formula is C21H25ClFN3O2. The highest BCUT2D eigenvalue weighted by molar-refractivity contribution is 6.30. The molecule has 2 amide bonds. The summed E-state index contributed by atoms with van der Waals surface area (Å²) in [4.78, 5) is 26.2. The smallest absolute Gasteiger partial charge is 0.234 e. The normalized spacial score (nSPS) is 11.9. The van der Waals surface area contributed by atoms with Crippen molar-refractivity contribution in [2.24, 2.45) is 0 Å². The molecule has 150 valence electrons. The minimum atomic E-state index is -0.314. The molecular weight excluding hydrogens is 381 g/mol. The lowest BCUT2D eigenvalue weighted by molar-refractivity contribution is -0.125. The zero-order valence-electron chi connectivity index (χ0n) is 16.0. The Morgan fingerprint density at radius 2 is 1.64 bits per heavy atom. The van der Waals surface area contributed by atoms with Crippen LogP contribution in [0.25, 0.3) is 0 Å². The van der Waals surface area contributed by atoms with Gasteiger partial charge < -0.3 is 10.6 Å². The van der Waals surface area contributed by atoms with Crippen LogP contribution in [-0.4, -0.2) is 36.3 Å². The molecule has 0 bridgehead atoms. The Balaban J connectivity index is 1.78. The Hall–Kier alpha value is -2.44. The highest BCUT2D eigenvalue weighted by Gasteiger charge is 2.15.